The highest BCUT2D eigenvalue weighted by Gasteiger charge is 2.13. The molecule has 0 aliphatic heterocycles. The van der Waals surface area contributed by atoms with Gasteiger partial charge in [-0.1, -0.05) is 18.2 Å². The summed E-state index contributed by atoms with van der Waals surface area (Å²) in [5, 5.41) is 24.0. The fourth-order valence-electron chi connectivity index (χ4n) is 2.42. The van der Waals surface area contributed by atoms with Crippen LogP contribution in [-0.4, -0.2) is 5.91 Å². The summed E-state index contributed by atoms with van der Waals surface area (Å²) in [5.41, 5.74) is 2.80. The molecule has 0 saturated carbocycles. The molecule has 3 rings (SSSR count). The van der Waals surface area contributed by atoms with Crippen molar-refractivity contribution in [3.05, 3.63) is 71.6 Å². The monoisotopic (exact) mass is 342 g/mol. The number of para-hydroxylation sites is 1. The zero-order valence-corrected chi connectivity index (χ0v) is 13.9. The first kappa shape index (κ1) is 16.8. The Balaban J connectivity index is 1.75. The van der Waals surface area contributed by atoms with Crippen LogP contribution in [0, 0.1) is 29.6 Å². The molecular weight excluding hydrogens is 328 g/mol. The van der Waals surface area contributed by atoms with Crippen molar-refractivity contribution in [2.75, 3.05) is 10.6 Å². The highest BCUT2D eigenvalue weighted by atomic mass is 16.3. The molecule has 1 amide bonds. The van der Waals surface area contributed by atoms with Crippen molar-refractivity contribution >= 4 is 28.3 Å². The fourth-order valence-corrected chi connectivity index (χ4v) is 2.42. The van der Waals surface area contributed by atoms with Gasteiger partial charge in [0, 0.05) is 23.0 Å². The Morgan fingerprint density at radius 1 is 1.12 bits per heavy atom. The molecular formula is C20H14N4O2. The normalized spacial score (nSPS) is 9.81. The largest absolute Gasteiger partial charge is 0.451 e. The predicted octanol–water partition coefficient (Wildman–Crippen LogP) is 4.34. The number of aryl methyl sites for hydroxylation is 1. The van der Waals surface area contributed by atoms with Crippen molar-refractivity contribution in [1.82, 2.24) is 0 Å². The SMILES string of the molecule is Cc1cc(NC=C(C#N)C#N)ccc1NC(=O)c1cc2ccccc2o1. The number of nitrogens with zero attached hydrogens (tertiary/aromatic N) is 2. The Bertz CT molecular complexity index is 1050. The zero-order chi connectivity index (χ0) is 18.5. The number of benzene rings is 2. The van der Waals surface area contributed by atoms with Crippen LogP contribution in [0.2, 0.25) is 0 Å². The van der Waals surface area contributed by atoms with E-state index in [1.165, 1.54) is 6.20 Å². The van der Waals surface area contributed by atoms with E-state index >= 15 is 0 Å². The summed E-state index contributed by atoms with van der Waals surface area (Å²) >= 11 is 0. The van der Waals surface area contributed by atoms with Crippen LogP contribution in [0.5, 0.6) is 0 Å². The fraction of sp³-hybridized carbons (Fsp3) is 0.0500. The number of carbonyl (C=O) groups excluding carboxylic acids is 1. The van der Waals surface area contributed by atoms with Crippen LogP contribution >= 0.6 is 0 Å². The van der Waals surface area contributed by atoms with Gasteiger partial charge in [0.1, 0.15) is 23.3 Å². The smallest absolute Gasteiger partial charge is 0.291 e. The van der Waals surface area contributed by atoms with Crippen LogP contribution in [0.3, 0.4) is 0 Å². The zero-order valence-electron chi connectivity index (χ0n) is 13.9. The summed E-state index contributed by atoms with van der Waals surface area (Å²) in [6.45, 7) is 1.85. The Labute approximate surface area is 150 Å². The lowest BCUT2D eigenvalue weighted by Gasteiger charge is -2.09. The molecule has 2 aromatic carbocycles. The van der Waals surface area contributed by atoms with Crippen molar-refractivity contribution in [2.45, 2.75) is 6.92 Å². The summed E-state index contributed by atoms with van der Waals surface area (Å²) in [5.74, 6) is -0.0930. The number of nitriles is 2. The van der Waals surface area contributed by atoms with Crippen LogP contribution < -0.4 is 10.6 Å². The first-order valence-corrected chi connectivity index (χ1v) is 7.78. The molecule has 6 nitrogen and oxygen atoms in total. The molecule has 6 heteroatoms. The Kier molecular flexibility index (Phi) is 4.69. The van der Waals surface area contributed by atoms with Gasteiger partial charge in [0.25, 0.3) is 5.91 Å². The quantitative estimate of drug-likeness (QED) is 0.687. The molecule has 0 spiro atoms. The minimum atomic E-state index is -0.332. The van der Waals surface area contributed by atoms with Crippen LogP contribution in [0.25, 0.3) is 11.0 Å². The van der Waals surface area contributed by atoms with Crippen molar-refractivity contribution in [3.8, 4) is 12.1 Å². The number of allylic oxidation sites excluding steroid dienone is 1. The van der Waals surface area contributed by atoms with E-state index in [4.69, 9.17) is 14.9 Å². The Morgan fingerprint density at radius 3 is 2.58 bits per heavy atom. The number of hydrogen-bond donors (Lipinski definition) is 2. The standard InChI is InChI=1S/C20H14N4O2/c1-13-8-16(23-12-14(10-21)11-22)6-7-17(13)24-20(25)19-9-15-4-2-3-5-18(15)26-19/h2-9,12,23H,1H3,(H,24,25). The molecule has 0 saturated heterocycles. The maximum absolute atomic E-state index is 12.4. The van der Waals surface area contributed by atoms with Crippen molar-refractivity contribution in [3.63, 3.8) is 0 Å². The Hall–Kier alpha value is -4.03. The van der Waals surface area contributed by atoms with E-state index in [-0.39, 0.29) is 17.2 Å². The topological polar surface area (TPSA) is 102 Å². The van der Waals surface area contributed by atoms with Crippen LogP contribution in [0.4, 0.5) is 11.4 Å². The summed E-state index contributed by atoms with van der Waals surface area (Å²) in [6.07, 6.45) is 1.33. The van der Waals surface area contributed by atoms with E-state index in [9.17, 15) is 4.79 Å². The molecule has 1 aromatic heterocycles. The second-order valence-corrected chi connectivity index (χ2v) is 5.56. The number of amides is 1. The van der Waals surface area contributed by atoms with Crippen LogP contribution in [0.15, 0.2) is 64.7 Å². The van der Waals surface area contributed by atoms with Gasteiger partial charge < -0.3 is 15.1 Å². The lowest BCUT2D eigenvalue weighted by atomic mass is 10.1. The maximum Gasteiger partial charge on any atom is 0.291 e. The molecule has 0 aliphatic rings. The molecule has 126 valence electrons. The Morgan fingerprint density at radius 2 is 1.88 bits per heavy atom. The van der Waals surface area contributed by atoms with E-state index in [1.54, 1.807) is 36.4 Å². The van der Waals surface area contributed by atoms with E-state index < -0.39 is 0 Å². The predicted molar refractivity (Wildman–Crippen MR) is 98.3 cm³/mol. The number of carbonyl (C=O) groups is 1. The van der Waals surface area contributed by atoms with Crippen LogP contribution in [0.1, 0.15) is 16.1 Å². The molecule has 1 heterocycles. The number of fused-ring (bicyclic) bond motifs is 1. The van der Waals surface area contributed by atoms with Crippen molar-refractivity contribution in [1.29, 1.82) is 10.5 Å². The van der Waals surface area contributed by atoms with Gasteiger partial charge in [-0.3, -0.25) is 4.79 Å². The van der Waals surface area contributed by atoms with E-state index in [1.807, 2.05) is 31.2 Å². The average molecular weight is 342 g/mol. The second-order valence-electron chi connectivity index (χ2n) is 5.56. The van der Waals surface area contributed by atoms with Gasteiger partial charge >= 0.3 is 0 Å². The summed E-state index contributed by atoms with van der Waals surface area (Å²) in [4.78, 5) is 12.4. The minimum Gasteiger partial charge on any atom is -0.451 e. The third-order valence-electron chi connectivity index (χ3n) is 3.75. The lowest BCUT2D eigenvalue weighted by molar-refractivity contribution is 0.0998. The molecule has 26 heavy (non-hydrogen) atoms. The number of hydrogen-bond acceptors (Lipinski definition) is 5. The third-order valence-corrected chi connectivity index (χ3v) is 3.75. The molecule has 0 atom stereocenters. The molecule has 0 fully saturated rings. The second kappa shape index (κ2) is 7.25. The van der Waals surface area contributed by atoms with Gasteiger partial charge in [0.2, 0.25) is 0 Å². The molecule has 0 bridgehead atoms. The summed E-state index contributed by atoms with van der Waals surface area (Å²) in [6, 6.07) is 18.0. The third kappa shape index (κ3) is 3.55. The molecule has 0 aliphatic carbocycles. The van der Waals surface area contributed by atoms with Gasteiger partial charge in [-0.25, -0.2) is 0 Å². The molecule has 0 radical (unpaired) electrons. The first-order valence-electron chi connectivity index (χ1n) is 7.78. The van der Waals surface area contributed by atoms with Crippen LogP contribution in [-0.2, 0) is 0 Å². The molecule has 2 N–H and O–H groups in total. The minimum absolute atomic E-state index is 0.0232. The van der Waals surface area contributed by atoms with E-state index in [0.29, 0.717) is 17.0 Å². The number of anilines is 2. The van der Waals surface area contributed by atoms with E-state index in [0.717, 1.165) is 10.9 Å². The van der Waals surface area contributed by atoms with Gasteiger partial charge in [-0.2, -0.15) is 10.5 Å². The van der Waals surface area contributed by atoms with Crippen molar-refractivity contribution < 1.29 is 9.21 Å². The molecule has 3 aromatic rings. The maximum atomic E-state index is 12.4. The first-order chi connectivity index (χ1) is 12.6. The van der Waals surface area contributed by atoms with Gasteiger partial charge in [-0.15, -0.1) is 0 Å². The highest BCUT2D eigenvalue weighted by Crippen LogP contribution is 2.23. The number of nitrogens with one attached hydrogen (secondary N) is 2. The van der Waals surface area contributed by atoms with Gasteiger partial charge in [0.15, 0.2) is 5.76 Å². The summed E-state index contributed by atoms with van der Waals surface area (Å²) < 4.78 is 5.56. The summed E-state index contributed by atoms with van der Waals surface area (Å²) in [7, 11) is 0. The van der Waals surface area contributed by atoms with Gasteiger partial charge in [0.05, 0.1) is 0 Å². The van der Waals surface area contributed by atoms with Crippen molar-refractivity contribution in [2.24, 2.45) is 0 Å². The van der Waals surface area contributed by atoms with E-state index in [2.05, 4.69) is 10.6 Å². The number of furan rings is 1. The van der Waals surface area contributed by atoms with Gasteiger partial charge in [-0.05, 0) is 42.8 Å². The lowest BCUT2D eigenvalue weighted by Crippen LogP contribution is -2.11. The number of rotatable bonds is 4. The highest BCUT2D eigenvalue weighted by molar-refractivity contribution is 6.05. The molecule has 0 unspecified atom stereocenters. The average Bonchev–Trinajstić information content (AvgIpc) is 3.09.